The molecule has 9 heteroatoms. The van der Waals surface area contributed by atoms with Gasteiger partial charge in [-0.05, 0) is 34.6 Å². The summed E-state index contributed by atoms with van der Waals surface area (Å²) < 4.78 is 0. The van der Waals surface area contributed by atoms with Crippen LogP contribution in [0.4, 0.5) is 0 Å². The SMILES string of the molecule is CCc1nc(C)nc(C)n1.CCc1nc(C)nc(Cc2nc(C)nc(C)n2)n1. The van der Waals surface area contributed by atoms with E-state index in [1.807, 2.05) is 48.5 Å². The van der Waals surface area contributed by atoms with Gasteiger partial charge in [0.1, 0.15) is 52.4 Å². The molecule has 3 heterocycles. The molecule has 0 spiro atoms. The van der Waals surface area contributed by atoms with Crippen LogP contribution in [0.1, 0.15) is 66.3 Å². The minimum absolute atomic E-state index is 0.514. The zero-order chi connectivity index (χ0) is 20.7. The zero-order valence-electron chi connectivity index (χ0n) is 17.6. The molecule has 0 saturated carbocycles. The number of hydrogen-bond donors (Lipinski definition) is 0. The van der Waals surface area contributed by atoms with Crippen molar-refractivity contribution in [2.45, 2.75) is 67.7 Å². The Hall–Kier alpha value is -2.97. The van der Waals surface area contributed by atoms with Crippen LogP contribution in [-0.2, 0) is 19.3 Å². The van der Waals surface area contributed by atoms with E-state index in [2.05, 4.69) is 44.9 Å². The Morgan fingerprint density at radius 2 is 0.679 bits per heavy atom. The molecular formula is C19H27N9. The first-order chi connectivity index (χ1) is 13.3. The second-order valence-corrected chi connectivity index (χ2v) is 6.29. The van der Waals surface area contributed by atoms with Crippen molar-refractivity contribution in [2.75, 3.05) is 0 Å². The first kappa shape index (κ1) is 21.3. The van der Waals surface area contributed by atoms with Gasteiger partial charge in [0, 0.05) is 12.8 Å². The van der Waals surface area contributed by atoms with Crippen molar-refractivity contribution in [1.29, 1.82) is 0 Å². The van der Waals surface area contributed by atoms with E-state index in [9.17, 15) is 0 Å². The molecule has 3 aromatic rings. The number of aryl methyl sites for hydroxylation is 7. The average molecular weight is 381 g/mol. The molecule has 148 valence electrons. The molecule has 9 nitrogen and oxygen atoms in total. The van der Waals surface area contributed by atoms with Gasteiger partial charge in [-0.3, -0.25) is 0 Å². The van der Waals surface area contributed by atoms with Gasteiger partial charge in [-0.1, -0.05) is 13.8 Å². The lowest BCUT2D eigenvalue weighted by Gasteiger charge is -2.04. The number of aromatic nitrogens is 9. The topological polar surface area (TPSA) is 116 Å². The van der Waals surface area contributed by atoms with Crippen LogP contribution in [0.5, 0.6) is 0 Å². The number of hydrogen-bond acceptors (Lipinski definition) is 9. The molecule has 0 amide bonds. The van der Waals surface area contributed by atoms with Gasteiger partial charge in [0.15, 0.2) is 0 Å². The Bertz CT molecular complexity index is 900. The summed E-state index contributed by atoms with van der Waals surface area (Å²) in [5.41, 5.74) is 0. The third-order valence-electron chi connectivity index (χ3n) is 3.60. The fourth-order valence-electron chi connectivity index (χ4n) is 2.58. The highest BCUT2D eigenvalue weighted by atomic mass is 15.1. The van der Waals surface area contributed by atoms with Crippen LogP contribution in [0.3, 0.4) is 0 Å². The molecule has 0 bridgehead atoms. The minimum atomic E-state index is 0.514. The van der Waals surface area contributed by atoms with Gasteiger partial charge < -0.3 is 0 Å². The van der Waals surface area contributed by atoms with Gasteiger partial charge in [0.2, 0.25) is 0 Å². The molecule has 0 aliphatic rings. The van der Waals surface area contributed by atoms with E-state index in [-0.39, 0.29) is 0 Å². The highest BCUT2D eigenvalue weighted by molar-refractivity contribution is 5.05. The van der Waals surface area contributed by atoms with Crippen LogP contribution in [0, 0.1) is 34.6 Å². The quantitative estimate of drug-likeness (QED) is 0.670. The lowest BCUT2D eigenvalue weighted by molar-refractivity contribution is 0.770. The van der Waals surface area contributed by atoms with Gasteiger partial charge in [-0.25, -0.2) is 44.9 Å². The smallest absolute Gasteiger partial charge is 0.140 e. The Kier molecular flexibility index (Phi) is 7.48. The molecule has 3 rings (SSSR count). The summed E-state index contributed by atoms with van der Waals surface area (Å²) in [6.07, 6.45) is 2.19. The van der Waals surface area contributed by atoms with Crippen molar-refractivity contribution in [1.82, 2.24) is 44.9 Å². The third kappa shape index (κ3) is 6.64. The largest absolute Gasteiger partial charge is 0.219 e. The van der Waals surface area contributed by atoms with Crippen molar-refractivity contribution >= 4 is 0 Å². The molecule has 3 aromatic heterocycles. The van der Waals surface area contributed by atoms with E-state index >= 15 is 0 Å². The molecular weight excluding hydrogens is 354 g/mol. The summed E-state index contributed by atoms with van der Waals surface area (Å²) in [7, 11) is 0. The van der Waals surface area contributed by atoms with E-state index in [0.29, 0.717) is 18.1 Å². The summed E-state index contributed by atoms with van der Waals surface area (Å²) in [6, 6.07) is 0. The third-order valence-corrected chi connectivity index (χ3v) is 3.60. The fourth-order valence-corrected chi connectivity index (χ4v) is 2.58. The van der Waals surface area contributed by atoms with Gasteiger partial charge in [-0.15, -0.1) is 0 Å². The zero-order valence-corrected chi connectivity index (χ0v) is 17.6. The standard InChI is InChI=1S/C12H16N6.C7H11N3/c1-5-10-14-9(4)17-12(18-10)6-11-15-7(2)13-8(3)16-11;1-4-7-9-5(2)8-6(3)10-7/h5-6H2,1-4H3;4H2,1-3H3. The predicted molar refractivity (Wildman–Crippen MR) is 105 cm³/mol. The minimum Gasteiger partial charge on any atom is -0.219 e. The highest BCUT2D eigenvalue weighted by Gasteiger charge is 2.07. The molecule has 0 radical (unpaired) electrons. The van der Waals surface area contributed by atoms with E-state index in [1.165, 1.54) is 0 Å². The van der Waals surface area contributed by atoms with Crippen molar-refractivity contribution in [3.63, 3.8) is 0 Å². The van der Waals surface area contributed by atoms with Crippen molar-refractivity contribution in [3.8, 4) is 0 Å². The maximum absolute atomic E-state index is 4.38. The van der Waals surface area contributed by atoms with Crippen LogP contribution in [-0.4, -0.2) is 44.9 Å². The van der Waals surface area contributed by atoms with Gasteiger partial charge >= 0.3 is 0 Å². The van der Waals surface area contributed by atoms with Crippen LogP contribution in [0.2, 0.25) is 0 Å². The van der Waals surface area contributed by atoms with Gasteiger partial charge in [0.25, 0.3) is 0 Å². The monoisotopic (exact) mass is 381 g/mol. The van der Waals surface area contributed by atoms with E-state index in [4.69, 9.17) is 0 Å². The second-order valence-electron chi connectivity index (χ2n) is 6.29. The first-order valence-electron chi connectivity index (χ1n) is 9.35. The predicted octanol–water partition coefficient (Wildman–Crippen LogP) is 2.19. The fraction of sp³-hybridized carbons (Fsp3) is 0.526. The van der Waals surface area contributed by atoms with Crippen molar-refractivity contribution in [3.05, 3.63) is 52.4 Å². The summed E-state index contributed by atoms with van der Waals surface area (Å²) in [4.78, 5) is 38.0. The molecule has 0 saturated heterocycles. The Morgan fingerprint density at radius 1 is 0.393 bits per heavy atom. The van der Waals surface area contributed by atoms with E-state index in [1.54, 1.807) is 0 Å². The summed E-state index contributed by atoms with van der Waals surface area (Å²) >= 11 is 0. The molecule has 0 aliphatic heterocycles. The maximum Gasteiger partial charge on any atom is 0.140 e. The molecule has 0 fully saturated rings. The van der Waals surface area contributed by atoms with Gasteiger partial charge in [-0.2, -0.15) is 0 Å². The maximum atomic E-state index is 4.38. The summed E-state index contributed by atoms with van der Waals surface area (Å²) in [6.45, 7) is 13.4. The van der Waals surface area contributed by atoms with Crippen LogP contribution in [0.25, 0.3) is 0 Å². The van der Waals surface area contributed by atoms with E-state index in [0.717, 1.165) is 53.6 Å². The first-order valence-corrected chi connectivity index (χ1v) is 9.35. The second kappa shape index (κ2) is 9.82. The van der Waals surface area contributed by atoms with Crippen LogP contribution in [0.15, 0.2) is 0 Å². The Morgan fingerprint density at radius 3 is 1.07 bits per heavy atom. The lowest BCUT2D eigenvalue weighted by Crippen LogP contribution is -2.09. The highest BCUT2D eigenvalue weighted by Crippen LogP contribution is 2.03. The molecule has 0 aliphatic carbocycles. The normalized spacial score (nSPS) is 10.4. The Balaban J connectivity index is 0.000000237. The average Bonchev–Trinajstić information content (AvgIpc) is 2.60. The van der Waals surface area contributed by atoms with Crippen LogP contribution >= 0.6 is 0 Å². The van der Waals surface area contributed by atoms with Crippen LogP contribution < -0.4 is 0 Å². The number of nitrogens with zero attached hydrogens (tertiary/aromatic N) is 9. The molecule has 28 heavy (non-hydrogen) atoms. The molecule has 0 aromatic carbocycles. The molecule has 0 atom stereocenters. The van der Waals surface area contributed by atoms with Crippen molar-refractivity contribution < 1.29 is 0 Å². The lowest BCUT2D eigenvalue weighted by atomic mass is 10.3. The number of rotatable bonds is 4. The Labute approximate surface area is 165 Å². The summed E-state index contributed by atoms with van der Waals surface area (Å²) in [5, 5.41) is 0. The molecule has 0 unspecified atom stereocenters. The van der Waals surface area contributed by atoms with E-state index < -0.39 is 0 Å². The van der Waals surface area contributed by atoms with Crippen molar-refractivity contribution in [2.24, 2.45) is 0 Å². The van der Waals surface area contributed by atoms with Gasteiger partial charge in [0.05, 0.1) is 6.42 Å². The molecule has 0 N–H and O–H groups in total. The summed E-state index contributed by atoms with van der Waals surface area (Å²) in [5.74, 6) is 6.90.